The van der Waals surface area contributed by atoms with Gasteiger partial charge in [-0.05, 0) is 66.6 Å². The van der Waals surface area contributed by atoms with Crippen LogP contribution < -0.4 is 0 Å². The highest BCUT2D eigenvalue weighted by molar-refractivity contribution is 7.10. The molecule has 2 aliphatic heterocycles. The standard InChI is InChI=1S/C19H23ClN2S/c20-19-5-3-4-16-12-22(9-6-18(16)19)13-17-10-15(14-23-17)11-21-7-1-2-8-21/h3-5,10,14H,1-2,6-9,11-13H2. The first-order valence-electron chi connectivity index (χ1n) is 8.55. The lowest BCUT2D eigenvalue weighted by Crippen LogP contribution is -2.29. The van der Waals surface area contributed by atoms with Crippen molar-refractivity contribution in [3.63, 3.8) is 0 Å². The van der Waals surface area contributed by atoms with Crippen molar-refractivity contribution in [3.05, 3.63) is 56.2 Å². The Morgan fingerprint density at radius 3 is 2.78 bits per heavy atom. The van der Waals surface area contributed by atoms with E-state index < -0.39 is 0 Å². The fourth-order valence-electron chi connectivity index (χ4n) is 3.77. The first kappa shape index (κ1) is 15.6. The maximum atomic E-state index is 6.31. The van der Waals surface area contributed by atoms with Gasteiger partial charge in [-0.1, -0.05) is 23.7 Å². The Labute approximate surface area is 147 Å². The maximum Gasteiger partial charge on any atom is 0.0441 e. The van der Waals surface area contributed by atoms with E-state index in [1.165, 1.54) is 47.5 Å². The van der Waals surface area contributed by atoms with Crippen LogP contribution in [0.3, 0.4) is 0 Å². The van der Waals surface area contributed by atoms with Gasteiger partial charge in [0.15, 0.2) is 0 Å². The van der Waals surface area contributed by atoms with Gasteiger partial charge >= 0.3 is 0 Å². The molecule has 2 nitrogen and oxygen atoms in total. The Hall–Kier alpha value is -0.870. The topological polar surface area (TPSA) is 6.48 Å². The van der Waals surface area contributed by atoms with E-state index in [4.69, 9.17) is 11.6 Å². The summed E-state index contributed by atoms with van der Waals surface area (Å²) >= 11 is 8.23. The molecule has 1 aromatic carbocycles. The Morgan fingerprint density at radius 1 is 1.04 bits per heavy atom. The van der Waals surface area contributed by atoms with Gasteiger partial charge in [0.1, 0.15) is 0 Å². The molecule has 0 spiro atoms. The molecule has 1 fully saturated rings. The van der Waals surface area contributed by atoms with E-state index >= 15 is 0 Å². The van der Waals surface area contributed by atoms with Crippen LogP contribution in [0, 0.1) is 0 Å². The molecule has 122 valence electrons. The summed E-state index contributed by atoms with van der Waals surface area (Å²) in [5.74, 6) is 0. The summed E-state index contributed by atoms with van der Waals surface area (Å²) in [4.78, 5) is 6.61. The van der Waals surface area contributed by atoms with E-state index in [1.807, 2.05) is 17.4 Å². The zero-order valence-electron chi connectivity index (χ0n) is 13.4. The fourth-order valence-corrected chi connectivity index (χ4v) is 4.98. The van der Waals surface area contributed by atoms with Crippen molar-refractivity contribution < 1.29 is 0 Å². The SMILES string of the molecule is Clc1cccc2c1CCN(Cc1cc(CN3CCCC3)cs1)C2. The Balaban J connectivity index is 1.38. The van der Waals surface area contributed by atoms with Crippen LogP contribution in [0.1, 0.15) is 34.4 Å². The lowest BCUT2D eigenvalue weighted by atomic mass is 10.00. The highest BCUT2D eigenvalue weighted by atomic mass is 35.5. The van der Waals surface area contributed by atoms with Gasteiger partial charge in [-0.3, -0.25) is 9.80 Å². The summed E-state index contributed by atoms with van der Waals surface area (Å²) in [5, 5.41) is 3.29. The molecule has 0 aliphatic carbocycles. The molecule has 0 unspecified atom stereocenters. The van der Waals surface area contributed by atoms with Gasteiger partial charge in [0.25, 0.3) is 0 Å². The van der Waals surface area contributed by atoms with E-state index in [0.717, 1.165) is 37.6 Å². The minimum atomic E-state index is 0.936. The predicted octanol–water partition coefficient (Wildman–Crippen LogP) is 4.56. The Bertz CT molecular complexity index is 676. The van der Waals surface area contributed by atoms with Gasteiger partial charge in [0.2, 0.25) is 0 Å². The second kappa shape index (κ2) is 6.94. The average Bonchev–Trinajstić information content (AvgIpc) is 3.20. The highest BCUT2D eigenvalue weighted by Gasteiger charge is 2.19. The zero-order chi connectivity index (χ0) is 15.6. The second-order valence-corrected chi connectivity index (χ2v) is 8.15. The van der Waals surface area contributed by atoms with Crippen molar-refractivity contribution in [2.24, 2.45) is 0 Å². The molecule has 4 rings (SSSR count). The molecule has 4 heteroatoms. The van der Waals surface area contributed by atoms with Crippen molar-refractivity contribution in [2.45, 2.75) is 38.9 Å². The third kappa shape index (κ3) is 3.63. The molecule has 2 aliphatic rings. The molecule has 0 radical (unpaired) electrons. The molecule has 1 aromatic heterocycles. The summed E-state index contributed by atoms with van der Waals surface area (Å²) in [5.41, 5.74) is 4.25. The van der Waals surface area contributed by atoms with Crippen LogP contribution in [0.4, 0.5) is 0 Å². The summed E-state index contributed by atoms with van der Waals surface area (Å²) in [6, 6.07) is 8.72. The molecule has 0 atom stereocenters. The van der Waals surface area contributed by atoms with Crippen LogP contribution in [-0.4, -0.2) is 29.4 Å². The first-order valence-corrected chi connectivity index (χ1v) is 9.81. The minimum absolute atomic E-state index is 0.936. The number of halogens is 1. The molecule has 3 heterocycles. The monoisotopic (exact) mass is 346 g/mol. The number of hydrogen-bond acceptors (Lipinski definition) is 3. The third-order valence-electron chi connectivity index (χ3n) is 4.98. The van der Waals surface area contributed by atoms with Gasteiger partial charge in [0.05, 0.1) is 0 Å². The van der Waals surface area contributed by atoms with Crippen molar-refractivity contribution in [1.82, 2.24) is 9.80 Å². The number of fused-ring (bicyclic) bond motifs is 1. The van der Waals surface area contributed by atoms with Crippen molar-refractivity contribution in [1.29, 1.82) is 0 Å². The Morgan fingerprint density at radius 2 is 1.91 bits per heavy atom. The smallest absolute Gasteiger partial charge is 0.0441 e. The molecule has 0 N–H and O–H groups in total. The Kier molecular flexibility index (Phi) is 4.72. The van der Waals surface area contributed by atoms with E-state index in [9.17, 15) is 0 Å². The molecule has 23 heavy (non-hydrogen) atoms. The molecular formula is C19H23ClN2S. The molecule has 0 amide bonds. The normalized spacial score (nSPS) is 19.2. The first-order chi connectivity index (χ1) is 11.3. The van der Waals surface area contributed by atoms with Gasteiger partial charge in [-0.2, -0.15) is 0 Å². The van der Waals surface area contributed by atoms with E-state index in [1.54, 1.807) is 0 Å². The quantitative estimate of drug-likeness (QED) is 0.801. The van der Waals surface area contributed by atoms with E-state index in [2.05, 4.69) is 33.4 Å². The lowest BCUT2D eigenvalue weighted by molar-refractivity contribution is 0.247. The van der Waals surface area contributed by atoms with Crippen LogP contribution in [-0.2, 0) is 26.1 Å². The van der Waals surface area contributed by atoms with Crippen molar-refractivity contribution >= 4 is 22.9 Å². The molecular weight excluding hydrogens is 324 g/mol. The fraction of sp³-hybridized carbons (Fsp3) is 0.474. The summed E-state index contributed by atoms with van der Waals surface area (Å²) in [6.45, 7) is 6.88. The molecule has 0 bridgehead atoms. The molecule has 2 aromatic rings. The molecule has 0 saturated carbocycles. The second-order valence-electron chi connectivity index (χ2n) is 6.74. The van der Waals surface area contributed by atoms with Crippen LogP contribution >= 0.6 is 22.9 Å². The number of nitrogens with zero attached hydrogens (tertiary/aromatic N) is 2. The van der Waals surface area contributed by atoms with Crippen LogP contribution in [0.5, 0.6) is 0 Å². The van der Waals surface area contributed by atoms with E-state index in [0.29, 0.717) is 0 Å². The highest BCUT2D eigenvalue weighted by Crippen LogP contribution is 2.28. The van der Waals surface area contributed by atoms with Gasteiger partial charge in [-0.15, -0.1) is 11.3 Å². The summed E-state index contributed by atoms with van der Waals surface area (Å²) in [6.07, 6.45) is 3.81. The number of benzene rings is 1. The van der Waals surface area contributed by atoms with Crippen molar-refractivity contribution in [2.75, 3.05) is 19.6 Å². The third-order valence-corrected chi connectivity index (χ3v) is 6.30. The van der Waals surface area contributed by atoms with Gasteiger partial charge in [-0.25, -0.2) is 0 Å². The average molecular weight is 347 g/mol. The van der Waals surface area contributed by atoms with Gasteiger partial charge < -0.3 is 0 Å². The number of thiophene rings is 1. The maximum absolute atomic E-state index is 6.31. The van der Waals surface area contributed by atoms with Gasteiger partial charge in [0, 0.05) is 36.1 Å². The lowest BCUT2D eigenvalue weighted by Gasteiger charge is -2.28. The van der Waals surface area contributed by atoms with Crippen LogP contribution in [0.2, 0.25) is 5.02 Å². The number of likely N-dealkylation sites (tertiary alicyclic amines) is 1. The van der Waals surface area contributed by atoms with Crippen LogP contribution in [0.15, 0.2) is 29.6 Å². The van der Waals surface area contributed by atoms with E-state index in [-0.39, 0.29) is 0 Å². The zero-order valence-corrected chi connectivity index (χ0v) is 15.0. The number of hydrogen-bond donors (Lipinski definition) is 0. The summed E-state index contributed by atoms with van der Waals surface area (Å²) < 4.78 is 0. The molecule has 1 saturated heterocycles. The number of rotatable bonds is 4. The van der Waals surface area contributed by atoms with Crippen LogP contribution in [0.25, 0.3) is 0 Å². The largest absolute Gasteiger partial charge is 0.299 e. The van der Waals surface area contributed by atoms with Crippen molar-refractivity contribution in [3.8, 4) is 0 Å². The summed E-state index contributed by atoms with van der Waals surface area (Å²) in [7, 11) is 0. The minimum Gasteiger partial charge on any atom is -0.299 e. The predicted molar refractivity (Wildman–Crippen MR) is 98.1 cm³/mol.